The molecular formula is C24H45N5O9S. The van der Waals surface area contributed by atoms with Gasteiger partial charge in [-0.25, -0.2) is 5.84 Å². The normalized spacial score (nSPS) is 14.2. The molecule has 1 fully saturated rings. The smallest absolute Gasteiger partial charge is 0.306 e. The zero-order valence-electron chi connectivity index (χ0n) is 22.7. The molecule has 0 aromatic carbocycles. The second-order valence-corrected chi connectivity index (χ2v) is 9.83. The maximum atomic E-state index is 11.8. The molecule has 0 aliphatic carbocycles. The lowest BCUT2D eigenvalue weighted by Crippen LogP contribution is -2.38. The maximum absolute atomic E-state index is 11.8. The van der Waals surface area contributed by atoms with Crippen LogP contribution in [0.3, 0.4) is 0 Å². The summed E-state index contributed by atoms with van der Waals surface area (Å²) in [5, 5.41) is 14.4. The average molecular weight is 580 g/mol. The highest BCUT2D eigenvalue weighted by atomic mass is 32.2. The van der Waals surface area contributed by atoms with Crippen molar-refractivity contribution in [2.75, 3.05) is 97.1 Å². The lowest BCUT2D eigenvalue weighted by atomic mass is 9.97. The van der Waals surface area contributed by atoms with Gasteiger partial charge in [0.05, 0.1) is 64.5 Å². The fraction of sp³-hybridized carbons (Fsp3) is 0.833. The van der Waals surface area contributed by atoms with Crippen LogP contribution in [0.4, 0.5) is 0 Å². The molecule has 0 spiro atoms. The van der Waals surface area contributed by atoms with Gasteiger partial charge in [-0.1, -0.05) is 0 Å². The molecular weight excluding hydrogens is 534 g/mol. The number of carboxylic acids is 1. The molecule has 6 N–H and O–H groups in total. The number of carbonyl (C=O) groups excluding carboxylic acids is 3. The van der Waals surface area contributed by atoms with Gasteiger partial charge in [0.15, 0.2) is 0 Å². The van der Waals surface area contributed by atoms with Crippen molar-refractivity contribution in [1.82, 2.24) is 21.0 Å². The van der Waals surface area contributed by atoms with Gasteiger partial charge in [-0.15, -0.1) is 0 Å². The second-order valence-electron chi connectivity index (χ2n) is 8.72. The summed E-state index contributed by atoms with van der Waals surface area (Å²) in [5.74, 6) is 4.21. The Labute approximate surface area is 234 Å². The number of ether oxygens (including phenoxy) is 4. The average Bonchev–Trinajstić information content (AvgIpc) is 2.93. The van der Waals surface area contributed by atoms with Crippen molar-refractivity contribution in [2.45, 2.75) is 25.7 Å². The number of nitrogens with zero attached hydrogens (tertiary/aromatic N) is 1. The van der Waals surface area contributed by atoms with Crippen LogP contribution < -0.4 is 21.9 Å². The zero-order chi connectivity index (χ0) is 28.6. The predicted octanol–water partition coefficient (Wildman–Crippen LogP) is -1.41. The zero-order valence-corrected chi connectivity index (χ0v) is 23.5. The van der Waals surface area contributed by atoms with Gasteiger partial charge < -0.3 is 39.6 Å². The molecule has 39 heavy (non-hydrogen) atoms. The number of hydrogen-bond acceptors (Lipinski definition) is 11. The molecule has 0 saturated carbocycles. The van der Waals surface area contributed by atoms with Crippen LogP contribution in [0, 0.1) is 5.92 Å². The van der Waals surface area contributed by atoms with E-state index in [0.717, 1.165) is 19.6 Å². The summed E-state index contributed by atoms with van der Waals surface area (Å²) in [6, 6.07) is 0. The van der Waals surface area contributed by atoms with Gasteiger partial charge in [-0.05, 0) is 25.9 Å². The quantitative estimate of drug-likeness (QED) is 0.0389. The summed E-state index contributed by atoms with van der Waals surface area (Å²) < 4.78 is 21.8. The molecule has 0 aromatic rings. The number of amides is 3. The van der Waals surface area contributed by atoms with Crippen LogP contribution in [-0.2, 0) is 38.1 Å². The second kappa shape index (κ2) is 23.8. The molecule has 14 nitrogen and oxygen atoms in total. The minimum absolute atomic E-state index is 0.160. The highest BCUT2D eigenvalue weighted by Gasteiger charge is 2.23. The van der Waals surface area contributed by atoms with Gasteiger partial charge in [0.25, 0.3) is 0 Å². The first kappa shape index (κ1) is 35.0. The lowest BCUT2D eigenvalue weighted by Gasteiger charge is -2.29. The minimum Gasteiger partial charge on any atom is -0.481 e. The number of thioether (sulfide) groups is 1. The minimum atomic E-state index is -0.696. The predicted molar refractivity (Wildman–Crippen MR) is 145 cm³/mol. The van der Waals surface area contributed by atoms with E-state index in [4.69, 9.17) is 29.9 Å². The van der Waals surface area contributed by atoms with Gasteiger partial charge in [-0.2, -0.15) is 11.8 Å². The molecule has 15 heteroatoms. The van der Waals surface area contributed by atoms with E-state index in [1.807, 2.05) is 5.43 Å². The summed E-state index contributed by atoms with van der Waals surface area (Å²) in [4.78, 5) is 47.6. The summed E-state index contributed by atoms with van der Waals surface area (Å²) >= 11 is 1.33. The third-order valence-corrected chi connectivity index (χ3v) is 6.67. The Morgan fingerprint density at radius 1 is 0.769 bits per heavy atom. The maximum Gasteiger partial charge on any atom is 0.306 e. The third kappa shape index (κ3) is 20.5. The van der Waals surface area contributed by atoms with Crippen LogP contribution in [-0.4, -0.2) is 131 Å². The van der Waals surface area contributed by atoms with E-state index in [2.05, 4.69) is 15.5 Å². The highest BCUT2D eigenvalue weighted by molar-refractivity contribution is 7.99. The molecule has 1 aliphatic heterocycles. The van der Waals surface area contributed by atoms with E-state index in [-0.39, 0.29) is 48.8 Å². The van der Waals surface area contributed by atoms with Crippen molar-refractivity contribution >= 4 is 35.5 Å². The summed E-state index contributed by atoms with van der Waals surface area (Å²) in [6.07, 6.45) is 1.87. The largest absolute Gasteiger partial charge is 0.481 e. The number of aliphatic carboxylic acids is 1. The van der Waals surface area contributed by atoms with E-state index in [1.54, 1.807) is 0 Å². The van der Waals surface area contributed by atoms with Crippen molar-refractivity contribution in [1.29, 1.82) is 0 Å². The number of nitrogens with two attached hydrogens (primary N) is 1. The fourth-order valence-corrected chi connectivity index (χ4v) is 4.23. The first-order chi connectivity index (χ1) is 18.9. The van der Waals surface area contributed by atoms with Crippen LogP contribution in [0.15, 0.2) is 0 Å². The van der Waals surface area contributed by atoms with E-state index >= 15 is 0 Å². The lowest BCUT2D eigenvalue weighted by molar-refractivity contribution is -0.143. The number of piperidine rings is 1. The standard InChI is InChI=1S/C24H45N5O9S/c25-28-22(31)4-18-39-19-23(32)27-6-5-26-21(30)3-10-35-12-14-37-16-17-38-15-13-36-11-9-29-7-1-20(2-8-29)24(33)34/h20H,1-19,25H2,(H,26,30)(H,27,32)(H,28,31)(H,33,34). The van der Waals surface area contributed by atoms with Gasteiger partial charge in [0.2, 0.25) is 17.7 Å². The molecule has 1 rings (SSSR count). The molecule has 0 bridgehead atoms. The number of hydrazine groups is 1. The monoisotopic (exact) mass is 579 g/mol. The number of carbonyl (C=O) groups is 4. The Kier molecular flexibility index (Phi) is 21.4. The van der Waals surface area contributed by atoms with E-state index < -0.39 is 5.97 Å². The highest BCUT2D eigenvalue weighted by Crippen LogP contribution is 2.16. The van der Waals surface area contributed by atoms with Crippen molar-refractivity contribution in [3.63, 3.8) is 0 Å². The fourth-order valence-electron chi connectivity index (χ4n) is 3.47. The number of nitrogens with one attached hydrogen (secondary N) is 3. The Morgan fingerprint density at radius 3 is 1.87 bits per heavy atom. The van der Waals surface area contributed by atoms with E-state index in [1.165, 1.54) is 11.8 Å². The molecule has 0 aromatic heterocycles. The van der Waals surface area contributed by atoms with Crippen LogP contribution in [0.25, 0.3) is 0 Å². The summed E-state index contributed by atoms with van der Waals surface area (Å²) in [5.41, 5.74) is 2.03. The molecule has 0 atom stereocenters. The van der Waals surface area contributed by atoms with Gasteiger partial charge in [-0.3, -0.25) is 24.6 Å². The molecule has 3 amide bonds. The topological polar surface area (TPSA) is 191 Å². The number of rotatable bonds is 24. The molecule has 1 saturated heterocycles. The van der Waals surface area contributed by atoms with Crippen LogP contribution >= 0.6 is 11.8 Å². The van der Waals surface area contributed by atoms with Crippen molar-refractivity contribution < 1.29 is 43.2 Å². The van der Waals surface area contributed by atoms with Gasteiger partial charge in [0.1, 0.15) is 0 Å². The Balaban J connectivity index is 1.77. The number of carboxylic acid groups (broad SMARTS) is 1. The van der Waals surface area contributed by atoms with Gasteiger partial charge in [0, 0.05) is 38.2 Å². The summed E-state index contributed by atoms with van der Waals surface area (Å²) in [6.45, 7) is 6.58. The van der Waals surface area contributed by atoms with Gasteiger partial charge >= 0.3 is 5.97 Å². The molecule has 1 aliphatic rings. The molecule has 0 radical (unpaired) electrons. The van der Waals surface area contributed by atoms with Crippen LogP contribution in [0.5, 0.6) is 0 Å². The van der Waals surface area contributed by atoms with Crippen molar-refractivity contribution in [3.05, 3.63) is 0 Å². The Morgan fingerprint density at radius 2 is 1.31 bits per heavy atom. The first-order valence-corrected chi connectivity index (χ1v) is 14.4. The molecule has 226 valence electrons. The SMILES string of the molecule is NNC(=O)CCSCC(=O)NCCNC(=O)CCOCCOCCOCCOCCN1CCC(C(=O)O)CC1. The van der Waals surface area contributed by atoms with Crippen LogP contribution in [0.1, 0.15) is 25.7 Å². The van der Waals surface area contributed by atoms with Crippen molar-refractivity contribution in [2.24, 2.45) is 11.8 Å². The third-order valence-electron chi connectivity index (χ3n) is 5.72. The Hall–Kier alpha value is -2.01. The summed E-state index contributed by atoms with van der Waals surface area (Å²) in [7, 11) is 0. The molecule has 0 unspecified atom stereocenters. The number of hydrogen-bond donors (Lipinski definition) is 5. The van der Waals surface area contributed by atoms with Crippen molar-refractivity contribution in [3.8, 4) is 0 Å². The van der Waals surface area contributed by atoms with E-state index in [9.17, 15) is 19.2 Å². The van der Waals surface area contributed by atoms with Crippen LogP contribution in [0.2, 0.25) is 0 Å². The molecule has 1 heterocycles. The Bertz CT molecular complexity index is 697. The first-order valence-electron chi connectivity index (χ1n) is 13.3. The van der Waals surface area contributed by atoms with E-state index in [0.29, 0.717) is 77.9 Å². The number of likely N-dealkylation sites (tertiary alicyclic amines) is 1.